The van der Waals surface area contributed by atoms with Gasteiger partial charge < -0.3 is 19.5 Å². The molecule has 3 aromatic rings. The maximum Gasteiger partial charge on any atom is 0.290 e. The van der Waals surface area contributed by atoms with Crippen LogP contribution in [0.15, 0.2) is 77.4 Å². The van der Waals surface area contributed by atoms with Crippen LogP contribution >= 0.6 is 0 Å². The van der Waals surface area contributed by atoms with Crippen LogP contribution in [-0.2, 0) is 17.8 Å². The van der Waals surface area contributed by atoms with Gasteiger partial charge in [0.25, 0.3) is 5.91 Å². The van der Waals surface area contributed by atoms with Gasteiger partial charge in [-0.1, -0.05) is 54.6 Å². The number of hydrogen-bond acceptors (Lipinski definition) is 4. The number of furan rings is 1. The lowest BCUT2D eigenvalue weighted by atomic mass is 9.93. The van der Waals surface area contributed by atoms with Crippen LogP contribution in [0.2, 0.25) is 0 Å². The maximum atomic E-state index is 13.3. The Hall–Kier alpha value is -3.38. The molecule has 160 valence electrons. The first kappa shape index (κ1) is 20.9. The molecule has 0 fully saturated rings. The molecular formula is C25H27N3O3. The van der Waals surface area contributed by atoms with Gasteiger partial charge in [-0.2, -0.15) is 0 Å². The third kappa shape index (κ3) is 4.54. The molecule has 1 aliphatic heterocycles. The van der Waals surface area contributed by atoms with Crippen molar-refractivity contribution in [2.75, 3.05) is 20.6 Å². The van der Waals surface area contributed by atoms with Crippen molar-refractivity contribution in [3.05, 3.63) is 95.4 Å². The van der Waals surface area contributed by atoms with E-state index < -0.39 is 6.04 Å². The second-order valence-electron chi connectivity index (χ2n) is 8.03. The maximum absolute atomic E-state index is 13.3. The van der Waals surface area contributed by atoms with Gasteiger partial charge in [0.2, 0.25) is 5.91 Å². The van der Waals surface area contributed by atoms with Gasteiger partial charge in [-0.15, -0.1) is 0 Å². The molecule has 0 saturated heterocycles. The highest BCUT2D eigenvalue weighted by molar-refractivity contribution is 5.96. The highest BCUT2D eigenvalue weighted by Crippen LogP contribution is 2.26. The fraction of sp³-hybridized carbons (Fsp3) is 0.280. The minimum Gasteiger partial charge on any atom is -0.459 e. The van der Waals surface area contributed by atoms with Crippen LogP contribution in [0.4, 0.5) is 0 Å². The summed E-state index contributed by atoms with van der Waals surface area (Å²) in [6.07, 6.45) is 1.95. The van der Waals surface area contributed by atoms with Crippen molar-refractivity contribution in [3.8, 4) is 0 Å². The summed E-state index contributed by atoms with van der Waals surface area (Å²) in [7, 11) is 3.99. The van der Waals surface area contributed by atoms with E-state index in [9.17, 15) is 9.59 Å². The summed E-state index contributed by atoms with van der Waals surface area (Å²) in [5.74, 6) is -0.184. The molecule has 6 heteroatoms. The number of hydrogen-bond donors (Lipinski definition) is 1. The van der Waals surface area contributed by atoms with E-state index in [0.717, 1.165) is 16.7 Å². The van der Waals surface area contributed by atoms with E-state index in [-0.39, 0.29) is 23.6 Å². The first-order valence-corrected chi connectivity index (χ1v) is 10.4. The van der Waals surface area contributed by atoms with Crippen molar-refractivity contribution >= 4 is 11.8 Å². The summed E-state index contributed by atoms with van der Waals surface area (Å²) in [4.78, 5) is 30.1. The molecule has 1 aliphatic rings. The number of rotatable bonds is 6. The lowest BCUT2D eigenvalue weighted by Gasteiger charge is -2.36. The van der Waals surface area contributed by atoms with Crippen LogP contribution in [0, 0.1) is 0 Å². The first-order chi connectivity index (χ1) is 15.0. The van der Waals surface area contributed by atoms with E-state index in [0.29, 0.717) is 19.5 Å². The smallest absolute Gasteiger partial charge is 0.290 e. The standard InChI is InChI=1S/C25H27N3O3/c1-27(2)22(18-9-4-3-5-10-18)16-26-24(29)21-15-19-11-6-7-12-20(19)17-28(21)25(30)23-13-8-14-31-23/h3-14,21-22H,15-17H2,1-2H3,(H,26,29). The van der Waals surface area contributed by atoms with Crippen LogP contribution in [0.5, 0.6) is 0 Å². The monoisotopic (exact) mass is 417 g/mol. The number of nitrogens with zero attached hydrogens (tertiary/aromatic N) is 2. The number of carbonyl (C=O) groups excluding carboxylic acids is 2. The van der Waals surface area contributed by atoms with Gasteiger partial charge in [-0.3, -0.25) is 9.59 Å². The predicted molar refractivity (Wildman–Crippen MR) is 118 cm³/mol. The molecule has 2 heterocycles. The third-order valence-electron chi connectivity index (χ3n) is 5.82. The van der Waals surface area contributed by atoms with E-state index >= 15 is 0 Å². The Morgan fingerprint density at radius 2 is 1.74 bits per heavy atom. The molecule has 2 unspecified atom stereocenters. The molecule has 0 aliphatic carbocycles. The zero-order chi connectivity index (χ0) is 21.8. The highest BCUT2D eigenvalue weighted by atomic mass is 16.3. The van der Waals surface area contributed by atoms with E-state index in [1.54, 1.807) is 17.0 Å². The van der Waals surface area contributed by atoms with Crippen LogP contribution in [-0.4, -0.2) is 48.3 Å². The lowest BCUT2D eigenvalue weighted by Crippen LogP contribution is -2.53. The van der Waals surface area contributed by atoms with E-state index in [1.165, 1.54) is 6.26 Å². The number of likely N-dealkylation sites (N-methyl/N-ethyl adjacent to an activating group) is 1. The summed E-state index contributed by atoms with van der Waals surface area (Å²) in [6.45, 7) is 0.834. The van der Waals surface area contributed by atoms with Crippen molar-refractivity contribution in [2.24, 2.45) is 0 Å². The molecule has 2 amide bonds. The zero-order valence-corrected chi connectivity index (χ0v) is 17.8. The minimum absolute atomic E-state index is 0.0373. The topological polar surface area (TPSA) is 65.8 Å². The first-order valence-electron chi connectivity index (χ1n) is 10.4. The summed E-state index contributed by atoms with van der Waals surface area (Å²) in [5, 5.41) is 3.09. The molecule has 0 saturated carbocycles. The average molecular weight is 418 g/mol. The quantitative estimate of drug-likeness (QED) is 0.669. The molecular weight excluding hydrogens is 390 g/mol. The van der Waals surface area contributed by atoms with Gasteiger partial charge in [0.05, 0.1) is 12.3 Å². The minimum atomic E-state index is -0.592. The Kier molecular flexibility index (Phi) is 6.18. The number of carbonyl (C=O) groups is 2. The van der Waals surface area contributed by atoms with Gasteiger partial charge >= 0.3 is 0 Å². The molecule has 0 radical (unpaired) electrons. The summed E-state index contributed by atoms with van der Waals surface area (Å²) in [5.41, 5.74) is 3.28. The molecule has 6 nitrogen and oxygen atoms in total. The molecule has 1 N–H and O–H groups in total. The van der Waals surface area contributed by atoms with Crippen molar-refractivity contribution < 1.29 is 14.0 Å². The van der Waals surface area contributed by atoms with Crippen molar-refractivity contribution in [1.82, 2.24) is 15.1 Å². The van der Waals surface area contributed by atoms with Crippen molar-refractivity contribution in [2.45, 2.75) is 25.0 Å². The Balaban J connectivity index is 1.54. The van der Waals surface area contributed by atoms with Crippen LogP contribution in [0.25, 0.3) is 0 Å². The zero-order valence-electron chi connectivity index (χ0n) is 17.8. The Bertz CT molecular complexity index is 1030. The van der Waals surface area contributed by atoms with E-state index in [1.807, 2.05) is 56.6 Å². The molecule has 2 aromatic carbocycles. The van der Waals surface area contributed by atoms with Gasteiger partial charge in [0.1, 0.15) is 6.04 Å². The lowest BCUT2D eigenvalue weighted by molar-refractivity contribution is -0.126. The average Bonchev–Trinajstić information content (AvgIpc) is 3.33. The number of benzene rings is 2. The van der Waals surface area contributed by atoms with E-state index in [2.05, 4.69) is 22.3 Å². The molecule has 4 rings (SSSR count). The van der Waals surface area contributed by atoms with Crippen LogP contribution < -0.4 is 5.32 Å². The van der Waals surface area contributed by atoms with Gasteiger partial charge in [-0.05, 0) is 42.9 Å². The summed E-state index contributed by atoms with van der Waals surface area (Å²) >= 11 is 0. The second-order valence-corrected chi connectivity index (χ2v) is 8.03. The molecule has 0 bridgehead atoms. The number of fused-ring (bicyclic) bond motifs is 1. The molecule has 2 atom stereocenters. The van der Waals surface area contributed by atoms with Gasteiger partial charge in [0.15, 0.2) is 5.76 Å². The van der Waals surface area contributed by atoms with Crippen LogP contribution in [0.3, 0.4) is 0 Å². The Labute approximate surface area is 182 Å². The SMILES string of the molecule is CN(C)C(CNC(=O)C1Cc2ccccc2CN1C(=O)c1ccco1)c1ccccc1. The summed E-state index contributed by atoms with van der Waals surface area (Å²) in [6, 6.07) is 20.8. The molecule has 1 aromatic heterocycles. The van der Waals surface area contributed by atoms with E-state index in [4.69, 9.17) is 4.42 Å². The number of nitrogens with one attached hydrogen (secondary N) is 1. The number of amides is 2. The van der Waals surface area contributed by atoms with Crippen molar-refractivity contribution in [3.63, 3.8) is 0 Å². The Morgan fingerprint density at radius 1 is 1.03 bits per heavy atom. The third-order valence-corrected chi connectivity index (χ3v) is 5.82. The second kappa shape index (κ2) is 9.18. The summed E-state index contributed by atoms with van der Waals surface area (Å²) < 4.78 is 5.32. The fourth-order valence-electron chi connectivity index (χ4n) is 4.10. The van der Waals surface area contributed by atoms with Gasteiger partial charge in [0, 0.05) is 19.5 Å². The molecule has 0 spiro atoms. The molecule has 31 heavy (non-hydrogen) atoms. The fourth-order valence-corrected chi connectivity index (χ4v) is 4.10. The Morgan fingerprint density at radius 3 is 2.42 bits per heavy atom. The normalized spacial score (nSPS) is 16.6. The predicted octanol–water partition coefficient (Wildman–Crippen LogP) is 3.27. The largest absolute Gasteiger partial charge is 0.459 e. The van der Waals surface area contributed by atoms with Crippen molar-refractivity contribution in [1.29, 1.82) is 0 Å². The van der Waals surface area contributed by atoms with Crippen LogP contribution in [0.1, 0.15) is 33.3 Å². The highest BCUT2D eigenvalue weighted by Gasteiger charge is 2.36. The van der Waals surface area contributed by atoms with Gasteiger partial charge in [-0.25, -0.2) is 0 Å².